The van der Waals surface area contributed by atoms with Gasteiger partial charge in [0, 0.05) is 22.9 Å². The Morgan fingerprint density at radius 3 is 2.57 bits per heavy atom. The Labute approximate surface area is 134 Å². The van der Waals surface area contributed by atoms with Crippen LogP contribution < -0.4 is 15.8 Å². The lowest BCUT2D eigenvalue weighted by molar-refractivity contribution is -0.490. The lowest BCUT2D eigenvalue weighted by Gasteiger charge is -2.01. The molecule has 0 amide bonds. The van der Waals surface area contributed by atoms with Crippen molar-refractivity contribution in [2.75, 3.05) is 0 Å². The molecule has 1 aromatic heterocycles. The summed E-state index contributed by atoms with van der Waals surface area (Å²) in [6, 6.07) is 18.8. The highest BCUT2D eigenvalue weighted by Crippen LogP contribution is 2.14. The van der Waals surface area contributed by atoms with Crippen LogP contribution in [0, 0.1) is 0 Å². The van der Waals surface area contributed by atoms with E-state index in [9.17, 15) is 0 Å². The van der Waals surface area contributed by atoms with Gasteiger partial charge >= 0.3 is 0 Å². The Kier molecular flexibility index (Phi) is 3.59. The molecular weight excluding hydrogens is 280 g/mol. The van der Waals surface area contributed by atoms with Crippen molar-refractivity contribution in [3.05, 3.63) is 94.8 Å². The second kappa shape index (κ2) is 6.03. The number of fused-ring (bicyclic) bond motifs is 2. The Balaban J connectivity index is 1.60. The molecule has 0 unspecified atom stereocenters. The highest BCUT2D eigenvalue weighted by molar-refractivity contribution is 5.83. The lowest BCUT2D eigenvalue weighted by Crippen LogP contribution is -2.77. The monoisotopic (exact) mass is 297 g/mol. The lowest BCUT2D eigenvalue weighted by atomic mass is 10.1. The maximum atomic E-state index is 4.48. The predicted octanol–water partition coefficient (Wildman–Crippen LogP) is 1.93. The average molecular weight is 297 g/mol. The number of rotatable bonds is 2. The molecule has 1 aliphatic heterocycles. The molecule has 2 aromatic carbocycles. The van der Waals surface area contributed by atoms with Crippen molar-refractivity contribution in [1.29, 1.82) is 0 Å². The molecule has 4 rings (SSSR count). The molecule has 2 nitrogen and oxygen atoms in total. The van der Waals surface area contributed by atoms with E-state index >= 15 is 0 Å². The number of allylic oxidation sites excluding steroid dienone is 3. The van der Waals surface area contributed by atoms with Crippen molar-refractivity contribution in [1.82, 2.24) is 4.98 Å². The zero-order valence-electron chi connectivity index (χ0n) is 12.7. The molecule has 2 heterocycles. The van der Waals surface area contributed by atoms with Crippen molar-refractivity contribution in [2.24, 2.45) is 0 Å². The minimum absolute atomic E-state index is 0.973. The summed E-state index contributed by atoms with van der Waals surface area (Å²) in [5.74, 6) is 0. The van der Waals surface area contributed by atoms with Crippen LogP contribution in [0.4, 0.5) is 0 Å². The van der Waals surface area contributed by atoms with Gasteiger partial charge in [-0.1, -0.05) is 48.5 Å². The first-order valence-corrected chi connectivity index (χ1v) is 7.73. The summed E-state index contributed by atoms with van der Waals surface area (Å²) in [6.45, 7) is 0. The molecule has 1 aliphatic rings. The average Bonchev–Trinajstić information content (AvgIpc) is 2.61. The number of nitrogens with two attached hydrogens (primary N) is 1. The van der Waals surface area contributed by atoms with E-state index in [2.05, 4.69) is 83.3 Å². The van der Waals surface area contributed by atoms with Gasteiger partial charge in [-0.3, -0.25) is 10.3 Å². The zero-order valence-corrected chi connectivity index (χ0v) is 12.7. The van der Waals surface area contributed by atoms with Gasteiger partial charge in [0.25, 0.3) is 0 Å². The number of pyridine rings is 1. The third kappa shape index (κ3) is 2.98. The van der Waals surface area contributed by atoms with Gasteiger partial charge in [0.15, 0.2) is 0 Å². The van der Waals surface area contributed by atoms with Crippen LogP contribution in [-0.2, 0) is 0 Å². The molecule has 3 aromatic rings. The van der Waals surface area contributed by atoms with Crippen LogP contribution in [0.2, 0.25) is 0 Å². The van der Waals surface area contributed by atoms with Crippen molar-refractivity contribution < 1.29 is 5.32 Å². The number of nitrogens with zero attached hydrogens (tertiary/aromatic N) is 1. The fraction of sp³-hybridized carbons (Fsp3) is 0. The van der Waals surface area contributed by atoms with E-state index in [4.69, 9.17) is 0 Å². The second-order valence-electron chi connectivity index (χ2n) is 5.59. The SMILES string of the molecule is C1=c2ccccc2=C/C(=C/C=C/c2cc3ccccc3cn2)[NH2+]1. The largest absolute Gasteiger partial charge is 0.287 e. The molecule has 23 heavy (non-hydrogen) atoms. The first-order valence-electron chi connectivity index (χ1n) is 7.73. The normalized spacial score (nSPS) is 15.4. The molecular formula is C21H17N2+. The van der Waals surface area contributed by atoms with Crippen LogP contribution in [0.3, 0.4) is 0 Å². The highest BCUT2D eigenvalue weighted by Gasteiger charge is 2.00. The van der Waals surface area contributed by atoms with E-state index < -0.39 is 0 Å². The van der Waals surface area contributed by atoms with Gasteiger partial charge in [0.05, 0.1) is 5.69 Å². The number of hydrogen-bond donors (Lipinski definition) is 1. The van der Waals surface area contributed by atoms with Crippen LogP contribution in [0.5, 0.6) is 0 Å². The van der Waals surface area contributed by atoms with E-state index in [1.54, 1.807) is 0 Å². The maximum Gasteiger partial charge on any atom is 0.134 e. The Morgan fingerprint density at radius 2 is 1.65 bits per heavy atom. The van der Waals surface area contributed by atoms with Gasteiger partial charge in [-0.05, 0) is 34.9 Å². The number of quaternary nitrogens is 1. The molecule has 0 aliphatic carbocycles. The smallest absolute Gasteiger partial charge is 0.134 e. The molecule has 110 valence electrons. The quantitative estimate of drug-likeness (QED) is 0.769. The first-order chi connectivity index (χ1) is 11.4. The maximum absolute atomic E-state index is 4.48. The summed E-state index contributed by atoms with van der Waals surface area (Å²) in [4.78, 5) is 4.48. The molecule has 0 atom stereocenters. The van der Waals surface area contributed by atoms with E-state index in [0.717, 1.165) is 5.69 Å². The molecule has 0 bridgehead atoms. The molecule has 0 saturated heterocycles. The van der Waals surface area contributed by atoms with Crippen molar-refractivity contribution >= 4 is 29.1 Å². The topological polar surface area (TPSA) is 29.5 Å². The van der Waals surface area contributed by atoms with E-state index in [0.29, 0.717) is 0 Å². The summed E-state index contributed by atoms with van der Waals surface area (Å²) < 4.78 is 0. The van der Waals surface area contributed by atoms with Crippen molar-refractivity contribution in [3.63, 3.8) is 0 Å². The van der Waals surface area contributed by atoms with Crippen LogP contribution in [0.1, 0.15) is 5.69 Å². The molecule has 0 fully saturated rings. The molecule has 2 heteroatoms. The van der Waals surface area contributed by atoms with Gasteiger partial charge < -0.3 is 0 Å². The fourth-order valence-electron chi connectivity index (χ4n) is 2.76. The summed E-state index contributed by atoms with van der Waals surface area (Å²) in [6.07, 6.45) is 12.5. The predicted molar refractivity (Wildman–Crippen MR) is 95.4 cm³/mol. The third-order valence-electron chi connectivity index (χ3n) is 3.98. The molecule has 0 saturated carbocycles. The van der Waals surface area contributed by atoms with Gasteiger partial charge in [-0.2, -0.15) is 0 Å². The van der Waals surface area contributed by atoms with Gasteiger partial charge in [-0.15, -0.1) is 0 Å². The van der Waals surface area contributed by atoms with Gasteiger partial charge in [-0.25, -0.2) is 0 Å². The summed E-state index contributed by atoms with van der Waals surface area (Å²) in [5, 5.41) is 7.06. The number of aromatic nitrogens is 1. The van der Waals surface area contributed by atoms with Gasteiger partial charge in [0.1, 0.15) is 11.9 Å². The van der Waals surface area contributed by atoms with E-state index in [1.165, 1.54) is 26.9 Å². The van der Waals surface area contributed by atoms with Crippen LogP contribution >= 0.6 is 0 Å². The highest BCUT2D eigenvalue weighted by atomic mass is 14.8. The van der Waals surface area contributed by atoms with Crippen LogP contribution in [0.25, 0.3) is 29.1 Å². The van der Waals surface area contributed by atoms with Crippen LogP contribution in [-0.4, -0.2) is 4.98 Å². The Morgan fingerprint density at radius 1 is 0.870 bits per heavy atom. The Hall–Kier alpha value is -2.97. The number of hydrogen-bond acceptors (Lipinski definition) is 1. The zero-order chi connectivity index (χ0) is 15.5. The standard InChI is InChI=1S/C21H16N2/c1-3-8-18-14-22-20(12-16(18)6-1)10-5-11-21-13-17-7-2-4-9-19(17)15-23-21/h1-15,22H/p+1/b11-5+,20-10-. The summed E-state index contributed by atoms with van der Waals surface area (Å²) >= 11 is 0. The Bertz CT molecular complexity index is 1040. The van der Waals surface area contributed by atoms with Crippen molar-refractivity contribution in [2.45, 2.75) is 0 Å². The summed E-state index contributed by atoms with van der Waals surface area (Å²) in [5.41, 5.74) is 2.17. The minimum Gasteiger partial charge on any atom is -0.287 e. The van der Waals surface area contributed by atoms with Gasteiger partial charge in [0.2, 0.25) is 0 Å². The minimum atomic E-state index is 0.973. The van der Waals surface area contributed by atoms with Crippen LogP contribution in [0.15, 0.2) is 78.6 Å². The van der Waals surface area contributed by atoms with E-state index in [1.807, 2.05) is 18.3 Å². The molecule has 0 radical (unpaired) electrons. The fourth-order valence-corrected chi connectivity index (χ4v) is 2.76. The molecule has 2 N–H and O–H groups in total. The van der Waals surface area contributed by atoms with E-state index in [-0.39, 0.29) is 0 Å². The molecule has 0 spiro atoms. The summed E-state index contributed by atoms with van der Waals surface area (Å²) in [7, 11) is 0. The first kappa shape index (κ1) is 13.7. The van der Waals surface area contributed by atoms with Crippen molar-refractivity contribution in [3.8, 4) is 0 Å². The third-order valence-corrected chi connectivity index (χ3v) is 3.98. The second-order valence-corrected chi connectivity index (χ2v) is 5.59. The number of benzene rings is 2.